The molecule has 0 radical (unpaired) electrons. The smallest absolute Gasteiger partial charge is 0.254 e. The Balaban J connectivity index is 1.78. The lowest BCUT2D eigenvalue weighted by Crippen LogP contribution is -2.30. The Kier molecular flexibility index (Phi) is 4.55. The molecule has 0 N–H and O–H groups in total. The number of carbonyl (C=O) groups excluding carboxylic acids is 1. The number of nitrogens with zero attached hydrogens (tertiary/aromatic N) is 1. The average molecular weight is 338 g/mol. The zero-order valence-electron chi connectivity index (χ0n) is 12.2. The van der Waals surface area contributed by atoms with E-state index in [0.29, 0.717) is 43.4 Å². The number of ether oxygens (including phenoxy) is 2. The molecule has 0 unspecified atom stereocenters. The molecule has 22 heavy (non-hydrogen) atoms. The lowest BCUT2D eigenvalue weighted by Gasteiger charge is -2.22. The van der Waals surface area contributed by atoms with Crippen LogP contribution in [-0.2, 0) is 6.54 Å². The van der Waals surface area contributed by atoms with E-state index in [4.69, 9.17) is 21.1 Å². The summed E-state index contributed by atoms with van der Waals surface area (Å²) in [6, 6.07) is 9.12. The van der Waals surface area contributed by atoms with Crippen molar-refractivity contribution in [2.75, 3.05) is 19.8 Å². The molecule has 2 heterocycles. The molecule has 2 aromatic rings. The molecule has 3 rings (SSSR count). The summed E-state index contributed by atoms with van der Waals surface area (Å²) >= 11 is 7.44. The van der Waals surface area contributed by atoms with Crippen LogP contribution in [0, 0.1) is 0 Å². The number of benzene rings is 1. The summed E-state index contributed by atoms with van der Waals surface area (Å²) < 4.78 is 11.8. The van der Waals surface area contributed by atoms with E-state index >= 15 is 0 Å². The summed E-state index contributed by atoms with van der Waals surface area (Å²) in [5, 5.41) is 0. The van der Waals surface area contributed by atoms with Crippen molar-refractivity contribution in [1.29, 1.82) is 0 Å². The first kappa shape index (κ1) is 15.2. The van der Waals surface area contributed by atoms with E-state index in [0.717, 1.165) is 9.21 Å². The highest BCUT2D eigenvalue weighted by atomic mass is 35.5. The molecule has 4 nitrogen and oxygen atoms in total. The zero-order valence-corrected chi connectivity index (χ0v) is 13.7. The molecule has 1 amide bonds. The SMILES string of the molecule is CCN(Cc1ccc(Cl)s1)C(=O)c1ccc2c(c1)OCCO2. The van der Waals surface area contributed by atoms with Crippen molar-refractivity contribution >= 4 is 28.8 Å². The van der Waals surface area contributed by atoms with Gasteiger partial charge in [-0.15, -0.1) is 11.3 Å². The van der Waals surface area contributed by atoms with Gasteiger partial charge in [0.05, 0.1) is 10.9 Å². The summed E-state index contributed by atoms with van der Waals surface area (Å²) in [7, 11) is 0. The Bertz CT molecular complexity index is 686. The average Bonchev–Trinajstić information content (AvgIpc) is 2.96. The van der Waals surface area contributed by atoms with Crippen LogP contribution in [0.25, 0.3) is 0 Å². The van der Waals surface area contributed by atoms with Crippen LogP contribution in [-0.4, -0.2) is 30.6 Å². The number of hydrogen-bond acceptors (Lipinski definition) is 4. The fraction of sp³-hybridized carbons (Fsp3) is 0.312. The van der Waals surface area contributed by atoms with Crippen LogP contribution in [0.2, 0.25) is 4.34 Å². The van der Waals surface area contributed by atoms with Gasteiger partial charge in [0.15, 0.2) is 11.5 Å². The predicted octanol–water partition coefficient (Wildman–Crippen LogP) is 3.84. The monoisotopic (exact) mass is 337 g/mol. The highest BCUT2D eigenvalue weighted by Crippen LogP contribution is 2.31. The van der Waals surface area contributed by atoms with Crippen LogP contribution in [0.15, 0.2) is 30.3 Å². The van der Waals surface area contributed by atoms with Gasteiger partial charge in [0.1, 0.15) is 13.2 Å². The third-order valence-electron chi connectivity index (χ3n) is 3.43. The molecule has 0 saturated carbocycles. The summed E-state index contributed by atoms with van der Waals surface area (Å²) in [5.74, 6) is 1.30. The van der Waals surface area contributed by atoms with E-state index in [9.17, 15) is 4.79 Å². The fourth-order valence-corrected chi connectivity index (χ4v) is 3.41. The van der Waals surface area contributed by atoms with Gasteiger partial charge >= 0.3 is 0 Å². The van der Waals surface area contributed by atoms with Crippen molar-refractivity contribution in [2.24, 2.45) is 0 Å². The molecular formula is C16H16ClNO3S. The maximum absolute atomic E-state index is 12.7. The molecule has 0 fully saturated rings. The van der Waals surface area contributed by atoms with Crippen molar-refractivity contribution in [3.05, 3.63) is 45.1 Å². The Morgan fingerprint density at radius 1 is 1.23 bits per heavy atom. The fourth-order valence-electron chi connectivity index (χ4n) is 2.31. The Morgan fingerprint density at radius 2 is 2.00 bits per heavy atom. The summed E-state index contributed by atoms with van der Waals surface area (Å²) in [6.45, 7) is 4.20. The topological polar surface area (TPSA) is 38.8 Å². The highest BCUT2D eigenvalue weighted by molar-refractivity contribution is 7.16. The van der Waals surface area contributed by atoms with E-state index in [-0.39, 0.29) is 5.91 Å². The van der Waals surface area contributed by atoms with Gasteiger partial charge in [0.25, 0.3) is 5.91 Å². The zero-order chi connectivity index (χ0) is 15.5. The van der Waals surface area contributed by atoms with E-state index in [1.54, 1.807) is 23.1 Å². The maximum Gasteiger partial charge on any atom is 0.254 e. The molecule has 1 aliphatic heterocycles. The molecule has 0 atom stereocenters. The molecule has 0 bridgehead atoms. The normalized spacial score (nSPS) is 13.0. The number of thiophene rings is 1. The minimum Gasteiger partial charge on any atom is -0.486 e. The minimum absolute atomic E-state index is 0.0241. The summed E-state index contributed by atoms with van der Waals surface area (Å²) in [4.78, 5) is 15.5. The number of fused-ring (bicyclic) bond motifs is 1. The highest BCUT2D eigenvalue weighted by Gasteiger charge is 2.19. The van der Waals surface area contributed by atoms with Crippen LogP contribution < -0.4 is 9.47 Å². The molecular weight excluding hydrogens is 322 g/mol. The minimum atomic E-state index is -0.0241. The maximum atomic E-state index is 12.7. The Morgan fingerprint density at radius 3 is 2.68 bits per heavy atom. The number of hydrogen-bond donors (Lipinski definition) is 0. The van der Waals surface area contributed by atoms with Gasteiger partial charge in [0.2, 0.25) is 0 Å². The van der Waals surface area contributed by atoms with E-state index in [1.165, 1.54) is 11.3 Å². The Hall–Kier alpha value is -1.72. The first-order chi connectivity index (χ1) is 10.7. The third-order valence-corrected chi connectivity index (χ3v) is 4.65. The second-order valence-corrected chi connectivity index (χ2v) is 6.68. The molecule has 1 aromatic heterocycles. The van der Waals surface area contributed by atoms with Crippen molar-refractivity contribution in [3.63, 3.8) is 0 Å². The second-order valence-electron chi connectivity index (χ2n) is 4.88. The van der Waals surface area contributed by atoms with Gasteiger partial charge in [0, 0.05) is 17.0 Å². The number of halogens is 1. The van der Waals surface area contributed by atoms with Gasteiger partial charge in [-0.3, -0.25) is 4.79 Å². The van der Waals surface area contributed by atoms with Crippen LogP contribution in [0.3, 0.4) is 0 Å². The van der Waals surface area contributed by atoms with E-state index in [1.807, 2.05) is 19.1 Å². The van der Waals surface area contributed by atoms with Gasteiger partial charge in [-0.1, -0.05) is 11.6 Å². The van der Waals surface area contributed by atoms with Crippen molar-refractivity contribution in [2.45, 2.75) is 13.5 Å². The lowest BCUT2D eigenvalue weighted by atomic mass is 10.1. The van der Waals surface area contributed by atoms with Gasteiger partial charge in [-0.05, 0) is 37.3 Å². The number of amides is 1. The quantitative estimate of drug-likeness (QED) is 0.851. The first-order valence-corrected chi connectivity index (χ1v) is 8.30. The second kappa shape index (κ2) is 6.58. The van der Waals surface area contributed by atoms with Crippen LogP contribution >= 0.6 is 22.9 Å². The summed E-state index contributed by atoms with van der Waals surface area (Å²) in [6.07, 6.45) is 0. The molecule has 6 heteroatoms. The molecule has 0 saturated heterocycles. The van der Waals surface area contributed by atoms with Crippen LogP contribution in [0.1, 0.15) is 22.2 Å². The molecule has 1 aromatic carbocycles. The molecule has 0 spiro atoms. The van der Waals surface area contributed by atoms with Gasteiger partial charge in [-0.25, -0.2) is 0 Å². The van der Waals surface area contributed by atoms with Crippen LogP contribution in [0.5, 0.6) is 11.5 Å². The Labute approximate surface area is 138 Å². The van der Waals surface area contributed by atoms with Crippen molar-refractivity contribution in [1.82, 2.24) is 4.90 Å². The largest absolute Gasteiger partial charge is 0.486 e. The summed E-state index contributed by atoms with van der Waals surface area (Å²) in [5.41, 5.74) is 0.605. The number of rotatable bonds is 4. The van der Waals surface area contributed by atoms with E-state index < -0.39 is 0 Å². The van der Waals surface area contributed by atoms with Gasteiger partial charge < -0.3 is 14.4 Å². The van der Waals surface area contributed by atoms with Crippen LogP contribution in [0.4, 0.5) is 0 Å². The van der Waals surface area contributed by atoms with Crippen molar-refractivity contribution < 1.29 is 14.3 Å². The van der Waals surface area contributed by atoms with Gasteiger partial charge in [-0.2, -0.15) is 0 Å². The predicted molar refractivity (Wildman–Crippen MR) is 87.2 cm³/mol. The first-order valence-electron chi connectivity index (χ1n) is 7.10. The van der Waals surface area contributed by atoms with Crippen molar-refractivity contribution in [3.8, 4) is 11.5 Å². The molecule has 116 valence electrons. The molecule has 0 aliphatic carbocycles. The number of carbonyl (C=O) groups is 1. The lowest BCUT2D eigenvalue weighted by molar-refractivity contribution is 0.0753. The van der Waals surface area contributed by atoms with E-state index in [2.05, 4.69) is 0 Å². The standard InChI is InChI=1S/C16H16ClNO3S/c1-2-18(10-12-4-6-15(17)22-12)16(19)11-3-5-13-14(9-11)21-8-7-20-13/h3-6,9H,2,7-8,10H2,1H3. The molecule has 1 aliphatic rings. The third kappa shape index (κ3) is 3.20.